The van der Waals surface area contributed by atoms with Gasteiger partial charge in [-0.05, 0) is 43.0 Å². The molecular formula is C23H28N4O3S. The molecule has 3 rings (SSSR count). The lowest BCUT2D eigenvalue weighted by molar-refractivity contribution is -0.119. The Labute approximate surface area is 183 Å². The van der Waals surface area contributed by atoms with Crippen molar-refractivity contribution in [2.24, 2.45) is 0 Å². The lowest BCUT2D eigenvalue weighted by Crippen LogP contribution is -2.41. The average molecular weight is 441 g/mol. The van der Waals surface area contributed by atoms with E-state index in [0.717, 1.165) is 15.4 Å². The summed E-state index contributed by atoms with van der Waals surface area (Å²) in [7, 11) is -4.00. The van der Waals surface area contributed by atoms with Crippen LogP contribution < -0.4 is 9.62 Å². The molecule has 0 radical (unpaired) electrons. The largest absolute Gasteiger partial charge is 0.350 e. The topological polar surface area (TPSA) is 95.2 Å². The maximum atomic E-state index is 13.6. The Morgan fingerprint density at radius 3 is 2.26 bits per heavy atom. The lowest BCUT2D eigenvalue weighted by atomic mass is 10.0. The molecule has 8 heteroatoms. The average Bonchev–Trinajstić information content (AvgIpc) is 3.10. The van der Waals surface area contributed by atoms with Crippen molar-refractivity contribution in [1.82, 2.24) is 15.5 Å². The van der Waals surface area contributed by atoms with Crippen molar-refractivity contribution < 1.29 is 13.2 Å². The van der Waals surface area contributed by atoms with Gasteiger partial charge in [0, 0.05) is 6.54 Å². The van der Waals surface area contributed by atoms with Gasteiger partial charge in [0.05, 0.1) is 17.1 Å². The molecule has 1 amide bonds. The molecule has 1 aromatic heterocycles. The number of aromatic amines is 1. The first-order chi connectivity index (χ1) is 14.7. The van der Waals surface area contributed by atoms with E-state index < -0.39 is 10.0 Å². The highest BCUT2D eigenvalue weighted by Crippen LogP contribution is 2.28. The van der Waals surface area contributed by atoms with Crippen LogP contribution in [0.4, 0.5) is 5.69 Å². The molecule has 2 N–H and O–H groups in total. The van der Waals surface area contributed by atoms with Gasteiger partial charge in [-0.1, -0.05) is 56.3 Å². The number of carbonyl (C=O) groups is 1. The van der Waals surface area contributed by atoms with Crippen LogP contribution in [-0.2, 0) is 21.4 Å². The van der Waals surface area contributed by atoms with Gasteiger partial charge in [0.15, 0.2) is 0 Å². The second kappa shape index (κ2) is 9.34. The summed E-state index contributed by atoms with van der Waals surface area (Å²) in [6.45, 7) is 7.41. The number of benzene rings is 2. The molecule has 0 saturated carbocycles. The molecule has 0 spiro atoms. The molecule has 0 bridgehead atoms. The highest BCUT2D eigenvalue weighted by molar-refractivity contribution is 7.93. The number of amides is 1. The van der Waals surface area contributed by atoms with Crippen LogP contribution in [0.2, 0.25) is 0 Å². The van der Waals surface area contributed by atoms with Gasteiger partial charge in [-0.2, -0.15) is 5.10 Å². The Kier molecular flexibility index (Phi) is 6.80. The first-order valence-corrected chi connectivity index (χ1v) is 11.6. The van der Waals surface area contributed by atoms with Crippen LogP contribution in [0.1, 0.15) is 42.3 Å². The van der Waals surface area contributed by atoms with Gasteiger partial charge in [-0.3, -0.25) is 14.2 Å². The number of sulfonamides is 1. The van der Waals surface area contributed by atoms with Gasteiger partial charge in [-0.25, -0.2) is 8.42 Å². The lowest BCUT2D eigenvalue weighted by Gasteiger charge is -2.24. The minimum Gasteiger partial charge on any atom is -0.350 e. The molecule has 2 aromatic carbocycles. The maximum absolute atomic E-state index is 13.6. The minimum atomic E-state index is -4.00. The van der Waals surface area contributed by atoms with E-state index in [9.17, 15) is 13.2 Å². The molecular weight excluding hydrogens is 412 g/mol. The number of hydrogen-bond donors (Lipinski definition) is 2. The van der Waals surface area contributed by atoms with Crippen molar-refractivity contribution in [3.63, 3.8) is 0 Å². The second-order valence-electron chi connectivity index (χ2n) is 7.78. The summed E-state index contributed by atoms with van der Waals surface area (Å²) >= 11 is 0. The second-order valence-corrected chi connectivity index (χ2v) is 9.58. The van der Waals surface area contributed by atoms with Crippen LogP contribution in [0.5, 0.6) is 0 Å². The van der Waals surface area contributed by atoms with Crippen molar-refractivity contribution >= 4 is 21.6 Å². The molecule has 7 nitrogen and oxygen atoms in total. The molecule has 164 valence electrons. The maximum Gasteiger partial charge on any atom is 0.268 e. The number of rotatable bonds is 8. The number of aromatic nitrogens is 2. The van der Waals surface area contributed by atoms with Gasteiger partial charge in [0.1, 0.15) is 11.4 Å². The molecule has 0 atom stereocenters. The van der Waals surface area contributed by atoms with Crippen LogP contribution >= 0.6 is 0 Å². The monoisotopic (exact) mass is 440 g/mol. The standard InChI is InChI=1S/C23H28N4O3S/c1-16(2)20-10-12-21(13-11-20)27(31(29,30)23-17(3)25-26-18(23)4)15-22(28)24-14-19-8-6-5-7-9-19/h5-13,16H,14-15H2,1-4H3,(H,24,28)(H,25,26). The number of anilines is 1. The molecule has 1 heterocycles. The van der Waals surface area contributed by atoms with Gasteiger partial charge in [0.2, 0.25) is 5.91 Å². The third kappa shape index (κ3) is 5.14. The zero-order valence-electron chi connectivity index (χ0n) is 18.2. The number of H-pyrrole nitrogens is 1. The molecule has 0 aliphatic rings. The quantitative estimate of drug-likeness (QED) is 0.559. The summed E-state index contributed by atoms with van der Waals surface area (Å²) in [4.78, 5) is 12.8. The van der Waals surface area contributed by atoms with E-state index >= 15 is 0 Å². The minimum absolute atomic E-state index is 0.0938. The van der Waals surface area contributed by atoms with Crippen LogP contribution in [0, 0.1) is 13.8 Å². The van der Waals surface area contributed by atoms with Crippen LogP contribution in [0.3, 0.4) is 0 Å². The zero-order chi connectivity index (χ0) is 22.6. The van der Waals surface area contributed by atoms with Gasteiger partial charge >= 0.3 is 0 Å². The smallest absolute Gasteiger partial charge is 0.268 e. The summed E-state index contributed by atoms with van der Waals surface area (Å²) in [6.07, 6.45) is 0. The highest BCUT2D eigenvalue weighted by Gasteiger charge is 2.31. The fraction of sp³-hybridized carbons (Fsp3) is 0.304. The molecule has 0 aliphatic heterocycles. The molecule has 0 unspecified atom stereocenters. The number of carbonyl (C=O) groups excluding carboxylic acids is 1. The first-order valence-electron chi connectivity index (χ1n) is 10.1. The summed E-state index contributed by atoms with van der Waals surface area (Å²) < 4.78 is 28.2. The van der Waals surface area contributed by atoms with E-state index in [1.807, 2.05) is 42.5 Å². The van der Waals surface area contributed by atoms with E-state index in [-0.39, 0.29) is 17.3 Å². The predicted molar refractivity (Wildman–Crippen MR) is 121 cm³/mol. The number of aryl methyl sites for hydroxylation is 2. The predicted octanol–water partition coefficient (Wildman–Crippen LogP) is 3.66. The van der Waals surface area contributed by atoms with Crippen LogP contribution in [0.15, 0.2) is 59.5 Å². The summed E-state index contributed by atoms with van der Waals surface area (Å²) in [6, 6.07) is 16.7. The summed E-state index contributed by atoms with van der Waals surface area (Å²) in [5.41, 5.74) is 3.26. The van der Waals surface area contributed by atoms with Crippen molar-refractivity contribution in [3.05, 3.63) is 77.1 Å². The molecule has 0 saturated heterocycles. The normalized spacial score (nSPS) is 11.5. The Balaban J connectivity index is 1.91. The zero-order valence-corrected chi connectivity index (χ0v) is 19.0. The SMILES string of the molecule is Cc1n[nH]c(C)c1S(=O)(=O)N(CC(=O)NCc1ccccc1)c1ccc(C(C)C)cc1. The van der Waals surface area contributed by atoms with E-state index in [4.69, 9.17) is 0 Å². The molecule has 0 aliphatic carbocycles. The fourth-order valence-electron chi connectivity index (χ4n) is 3.35. The number of nitrogens with one attached hydrogen (secondary N) is 2. The van der Waals surface area contributed by atoms with Crippen molar-refractivity contribution in [3.8, 4) is 0 Å². The summed E-state index contributed by atoms with van der Waals surface area (Å²) in [5, 5.41) is 9.54. The molecule has 0 fully saturated rings. The van der Waals surface area contributed by atoms with Gasteiger partial charge < -0.3 is 5.32 Å². The van der Waals surface area contributed by atoms with Crippen molar-refractivity contribution in [1.29, 1.82) is 0 Å². The van der Waals surface area contributed by atoms with Gasteiger partial charge in [0.25, 0.3) is 10.0 Å². The van der Waals surface area contributed by atoms with E-state index in [1.54, 1.807) is 26.0 Å². The van der Waals surface area contributed by atoms with E-state index in [0.29, 0.717) is 29.5 Å². The van der Waals surface area contributed by atoms with Crippen molar-refractivity contribution in [2.75, 3.05) is 10.8 Å². The Morgan fingerprint density at radius 1 is 1.06 bits per heavy atom. The van der Waals surface area contributed by atoms with E-state index in [1.165, 1.54) is 0 Å². The van der Waals surface area contributed by atoms with Crippen LogP contribution in [-0.4, -0.2) is 31.1 Å². The fourth-order valence-corrected chi connectivity index (χ4v) is 5.11. The highest BCUT2D eigenvalue weighted by atomic mass is 32.2. The number of hydrogen-bond acceptors (Lipinski definition) is 4. The van der Waals surface area contributed by atoms with Gasteiger partial charge in [-0.15, -0.1) is 0 Å². The Hall–Kier alpha value is -3.13. The third-order valence-corrected chi connectivity index (χ3v) is 7.11. The first kappa shape index (κ1) is 22.6. The van der Waals surface area contributed by atoms with Crippen molar-refractivity contribution in [2.45, 2.75) is 45.1 Å². The Bertz CT molecular complexity index is 1120. The van der Waals surface area contributed by atoms with Crippen LogP contribution in [0.25, 0.3) is 0 Å². The summed E-state index contributed by atoms with van der Waals surface area (Å²) in [5.74, 6) is -0.0780. The molecule has 3 aromatic rings. The Morgan fingerprint density at radius 2 is 1.71 bits per heavy atom. The third-order valence-electron chi connectivity index (χ3n) is 5.08. The number of nitrogens with zero attached hydrogens (tertiary/aromatic N) is 2. The van der Waals surface area contributed by atoms with E-state index in [2.05, 4.69) is 29.4 Å². The molecule has 31 heavy (non-hydrogen) atoms.